The molecule has 0 aromatic heterocycles. The maximum atomic E-state index is 8.06. The first-order valence-electron chi connectivity index (χ1n) is 1.46. The lowest BCUT2D eigenvalue weighted by Crippen LogP contribution is -1.92. The minimum atomic E-state index is -0.329. The molecular formula is C4H6NO+. The van der Waals surface area contributed by atoms with E-state index in [0.29, 0.717) is 0 Å². The van der Waals surface area contributed by atoms with E-state index in [1.54, 1.807) is 0 Å². The highest BCUT2D eigenvalue weighted by Crippen LogP contribution is 1.69. The summed E-state index contributed by atoms with van der Waals surface area (Å²) in [4.78, 5) is 0. The molecule has 2 heteroatoms. The molecule has 0 heterocycles. The Labute approximate surface area is 36.6 Å². The van der Waals surface area contributed by atoms with E-state index in [9.17, 15) is 0 Å². The molecule has 0 fully saturated rings. The summed E-state index contributed by atoms with van der Waals surface area (Å²) >= 11 is 0. The summed E-state index contributed by atoms with van der Waals surface area (Å²) in [5, 5.41) is 8.06. The number of hydrogen-bond acceptors (Lipinski definition) is 2. The summed E-state index contributed by atoms with van der Waals surface area (Å²) in [5.74, 6) is -0.329. The van der Waals surface area contributed by atoms with Gasteiger partial charge in [0.15, 0.2) is 12.2 Å². The number of aliphatic hydroxyl groups is 1. The van der Waals surface area contributed by atoms with Crippen LogP contribution in [0.5, 0.6) is 0 Å². The van der Waals surface area contributed by atoms with E-state index in [1.165, 1.54) is 6.08 Å². The van der Waals surface area contributed by atoms with Crippen molar-refractivity contribution >= 4 is 0 Å². The van der Waals surface area contributed by atoms with Crippen LogP contribution in [-0.2, 0) is 0 Å². The molecule has 0 rings (SSSR count). The summed E-state index contributed by atoms with van der Waals surface area (Å²) in [6.45, 7) is 3.23. The third kappa shape index (κ3) is 2.99. The van der Waals surface area contributed by atoms with Gasteiger partial charge in [-0.05, 0) is 0 Å². The van der Waals surface area contributed by atoms with E-state index >= 15 is 0 Å². The van der Waals surface area contributed by atoms with Crippen LogP contribution in [0.15, 0.2) is 18.5 Å². The molecular weight excluding hydrogens is 78.0 g/mol. The van der Waals surface area contributed by atoms with Crippen LogP contribution in [0.25, 0.3) is 0 Å². The summed E-state index contributed by atoms with van der Waals surface area (Å²) in [7, 11) is 0. The number of allylic oxidation sites excluding steroid dienone is 2. The third-order valence-corrected chi connectivity index (χ3v) is 0.250. The van der Waals surface area contributed by atoms with Crippen molar-refractivity contribution in [2.45, 2.75) is 0 Å². The molecule has 32 valence electrons. The molecule has 0 bridgehead atoms. The topological polar surface area (TPSA) is 46.2 Å². The minimum absolute atomic E-state index is 0.329. The van der Waals surface area contributed by atoms with Gasteiger partial charge in [0, 0.05) is 6.58 Å². The van der Waals surface area contributed by atoms with Crippen molar-refractivity contribution in [2.75, 3.05) is 0 Å². The summed E-state index contributed by atoms with van der Waals surface area (Å²) in [6, 6.07) is 0. The second-order valence-corrected chi connectivity index (χ2v) is 0.734. The average molecular weight is 84.1 g/mol. The first-order valence-corrected chi connectivity index (χ1v) is 1.46. The second-order valence-electron chi connectivity index (χ2n) is 0.734. The van der Waals surface area contributed by atoms with E-state index < -0.39 is 0 Å². The molecule has 0 saturated carbocycles. The van der Waals surface area contributed by atoms with Crippen molar-refractivity contribution in [3.8, 4) is 0 Å². The molecule has 0 radical (unpaired) electrons. The van der Waals surface area contributed by atoms with Crippen LogP contribution in [0.2, 0.25) is 0 Å². The number of aliphatic hydroxyl groups excluding tert-OH is 1. The summed E-state index contributed by atoms with van der Waals surface area (Å²) in [6.07, 6.45) is 3.51. The fourth-order valence-electron chi connectivity index (χ4n) is 0.105. The van der Waals surface area contributed by atoms with Gasteiger partial charge in [-0.1, -0.05) is 0 Å². The molecule has 6 heavy (non-hydrogen) atoms. The highest BCUT2D eigenvalue weighted by Gasteiger charge is 1.80. The van der Waals surface area contributed by atoms with E-state index in [-0.39, 0.29) is 5.88 Å². The summed E-state index contributed by atoms with van der Waals surface area (Å²) < 4.78 is 0. The molecule has 0 spiro atoms. The van der Waals surface area contributed by atoms with Crippen molar-refractivity contribution in [3.05, 3.63) is 24.6 Å². The molecule has 2 nitrogen and oxygen atoms in total. The van der Waals surface area contributed by atoms with Crippen molar-refractivity contribution in [1.29, 1.82) is 0 Å². The van der Waals surface area contributed by atoms with Gasteiger partial charge in [-0.3, -0.25) is 0 Å². The van der Waals surface area contributed by atoms with Crippen molar-refractivity contribution in [3.63, 3.8) is 0 Å². The first kappa shape index (κ1) is 4.99. The van der Waals surface area contributed by atoms with Crippen molar-refractivity contribution in [2.24, 2.45) is 5.73 Å². The van der Waals surface area contributed by atoms with Crippen LogP contribution in [0, 0.1) is 6.08 Å². The number of rotatable bonds is 1. The molecule has 0 unspecified atom stereocenters. The lowest BCUT2D eigenvalue weighted by Gasteiger charge is -1.67. The minimum Gasteiger partial charge on any atom is -0.473 e. The van der Waals surface area contributed by atoms with Gasteiger partial charge in [0.1, 0.15) is 0 Å². The van der Waals surface area contributed by atoms with E-state index in [1.807, 2.05) is 0 Å². The van der Waals surface area contributed by atoms with Gasteiger partial charge in [0.25, 0.3) is 0 Å². The first-order chi connectivity index (χ1) is 2.77. The standard InChI is InChI=1S/C4H5NO/c1-2-3-4(5)6/h2H,1,5H2/p+1. The van der Waals surface area contributed by atoms with Crippen LogP contribution < -0.4 is 5.73 Å². The molecule has 0 aliphatic heterocycles. The van der Waals surface area contributed by atoms with Crippen molar-refractivity contribution in [1.82, 2.24) is 0 Å². The van der Waals surface area contributed by atoms with Crippen LogP contribution >= 0.6 is 0 Å². The maximum absolute atomic E-state index is 8.06. The van der Waals surface area contributed by atoms with Gasteiger partial charge in [-0.2, -0.15) is 0 Å². The monoisotopic (exact) mass is 84.0 g/mol. The lowest BCUT2D eigenvalue weighted by atomic mass is 10.6. The zero-order valence-corrected chi connectivity index (χ0v) is 3.31. The smallest absolute Gasteiger partial charge is 0.337 e. The molecule has 0 saturated heterocycles. The molecule has 0 aliphatic carbocycles. The maximum Gasteiger partial charge on any atom is 0.337 e. The molecule has 0 aromatic rings. The van der Waals surface area contributed by atoms with Crippen LogP contribution in [-0.4, -0.2) is 5.11 Å². The van der Waals surface area contributed by atoms with Gasteiger partial charge in [-0.25, -0.2) is 0 Å². The van der Waals surface area contributed by atoms with E-state index in [4.69, 9.17) is 10.8 Å². The lowest BCUT2D eigenvalue weighted by molar-refractivity contribution is 0.403. The van der Waals surface area contributed by atoms with Gasteiger partial charge < -0.3 is 10.8 Å². The van der Waals surface area contributed by atoms with Crippen molar-refractivity contribution < 1.29 is 5.11 Å². The van der Waals surface area contributed by atoms with Gasteiger partial charge >= 0.3 is 5.88 Å². The fourth-order valence-corrected chi connectivity index (χ4v) is 0.105. The Morgan fingerprint density at radius 1 is 2.00 bits per heavy atom. The molecule has 0 aliphatic rings. The predicted molar refractivity (Wildman–Crippen MR) is 23.8 cm³/mol. The van der Waals surface area contributed by atoms with Crippen LogP contribution in [0.1, 0.15) is 0 Å². The Hall–Kier alpha value is -1.01. The normalized spacial score (nSPS) is 9.67. The van der Waals surface area contributed by atoms with Gasteiger partial charge in [-0.15, -0.1) is 0 Å². The molecule has 0 aromatic carbocycles. The SMILES string of the molecule is C=C[C+]=C(N)O. The molecule has 3 N–H and O–H groups in total. The zero-order valence-electron chi connectivity index (χ0n) is 3.31. The Bertz CT molecular complexity index is 71.6. The summed E-state index contributed by atoms with van der Waals surface area (Å²) in [5.41, 5.74) is 4.69. The Kier molecular flexibility index (Phi) is 1.86. The van der Waals surface area contributed by atoms with Gasteiger partial charge in [0.2, 0.25) is 0 Å². The average Bonchev–Trinajstić information content (AvgIpc) is 1.35. The Morgan fingerprint density at radius 2 is 2.50 bits per heavy atom. The third-order valence-electron chi connectivity index (χ3n) is 0.250. The van der Waals surface area contributed by atoms with E-state index in [2.05, 4.69) is 12.7 Å². The van der Waals surface area contributed by atoms with E-state index in [0.717, 1.165) is 0 Å². The predicted octanol–water partition coefficient (Wildman–Crippen LogP) is 0.334. The fraction of sp³-hybridized carbons (Fsp3) is 0. The van der Waals surface area contributed by atoms with Crippen LogP contribution in [0.4, 0.5) is 0 Å². The highest BCUT2D eigenvalue weighted by atomic mass is 16.3. The largest absolute Gasteiger partial charge is 0.473 e. The molecule has 0 amide bonds. The highest BCUT2D eigenvalue weighted by molar-refractivity contribution is 4.89. The van der Waals surface area contributed by atoms with Gasteiger partial charge in [0.05, 0.1) is 0 Å². The number of nitrogens with two attached hydrogens (primary N) is 1. The Morgan fingerprint density at radius 3 is 2.50 bits per heavy atom. The quantitative estimate of drug-likeness (QED) is 0.273. The molecule has 0 atom stereocenters. The zero-order chi connectivity index (χ0) is 4.99. The Balaban J connectivity index is 3.41. The number of hydrogen-bond donors (Lipinski definition) is 2. The second kappa shape index (κ2) is 2.24. The van der Waals surface area contributed by atoms with Crippen LogP contribution in [0.3, 0.4) is 0 Å².